The fourth-order valence-electron chi connectivity index (χ4n) is 2.93. The zero-order valence-corrected chi connectivity index (χ0v) is 18.8. The first-order valence-corrected chi connectivity index (χ1v) is 10.9. The summed E-state index contributed by atoms with van der Waals surface area (Å²) in [6.45, 7) is -1.21. The van der Waals surface area contributed by atoms with E-state index in [4.69, 9.17) is 9.47 Å². The number of ketones is 1. The third kappa shape index (κ3) is 6.72. The van der Waals surface area contributed by atoms with Gasteiger partial charge in [-0.1, -0.05) is 12.1 Å². The van der Waals surface area contributed by atoms with Crippen molar-refractivity contribution in [1.29, 1.82) is 0 Å². The van der Waals surface area contributed by atoms with Crippen molar-refractivity contribution in [1.82, 2.24) is 4.98 Å². The number of aromatic nitrogens is 1. The van der Waals surface area contributed by atoms with Crippen molar-refractivity contribution in [2.45, 2.75) is 26.4 Å². The number of carbonyl (C=O) groups is 2. The summed E-state index contributed by atoms with van der Waals surface area (Å²) in [4.78, 5) is 28.0. The Bertz CT molecular complexity index is 1120. The van der Waals surface area contributed by atoms with Crippen molar-refractivity contribution in [2.75, 3.05) is 19.0 Å². The molecule has 0 saturated carbocycles. The second-order valence-electron chi connectivity index (χ2n) is 6.83. The molecule has 0 radical (unpaired) electrons. The number of hydrogen-bond donors (Lipinski definition) is 1. The average Bonchev–Trinajstić information content (AvgIpc) is 3.24. The Hall–Kier alpha value is -3.53. The summed E-state index contributed by atoms with van der Waals surface area (Å²) in [7, 11) is 1.49. The number of alkyl halides is 2. The second-order valence-corrected chi connectivity index (χ2v) is 7.69. The monoisotopic (exact) mass is 476 g/mol. The van der Waals surface area contributed by atoms with Crippen LogP contribution in [0.1, 0.15) is 30.1 Å². The van der Waals surface area contributed by atoms with E-state index in [2.05, 4.69) is 15.0 Å². The van der Waals surface area contributed by atoms with Gasteiger partial charge in [0.1, 0.15) is 5.75 Å². The number of carbonyl (C=O) groups excluding carboxylic acids is 2. The molecule has 0 bridgehead atoms. The number of benzene rings is 2. The fraction of sp³-hybridized carbons (Fsp3) is 0.261. The molecule has 0 unspecified atom stereocenters. The molecule has 0 aliphatic heterocycles. The first kappa shape index (κ1) is 24.1. The number of Topliss-reactive ketones (excluding diaryl/α,β-unsaturated/α-hetero) is 1. The zero-order chi connectivity index (χ0) is 23.8. The average molecular weight is 477 g/mol. The summed E-state index contributed by atoms with van der Waals surface area (Å²) in [5.74, 6) is 0.609. The van der Waals surface area contributed by atoms with Gasteiger partial charge in [0.2, 0.25) is 5.91 Å². The van der Waals surface area contributed by atoms with Crippen LogP contribution in [0.2, 0.25) is 0 Å². The quantitative estimate of drug-likeness (QED) is 0.294. The minimum absolute atomic E-state index is 0.0135. The number of halogens is 2. The van der Waals surface area contributed by atoms with Gasteiger partial charge in [-0.2, -0.15) is 8.78 Å². The van der Waals surface area contributed by atoms with E-state index in [1.165, 1.54) is 31.4 Å². The molecule has 1 heterocycles. The third-order valence-electron chi connectivity index (χ3n) is 4.51. The third-order valence-corrected chi connectivity index (χ3v) is 5.26. The van der Waals surface area contributed by atoms with E-state index in [0.29, 0.717) is 39.9 Å². The van der Waals surface area contributed by atoms with E-state index in [1.54, 1.807) is 41.8 Å². The largest absolute Gasteiger partial charge is 0.493 e. The Morgan fingerprint density at radius 2 is 1.91 bits per heavy atom. The molecule has 1 aromatic heterocycles. The molecule has 3 rings (SSSR count). The van der Waals surface area contributed by atoms with Gasteiger partial charge in [0, 0.05) is 22.9 Å². The van der Waals surface area contributed by atoms with Crippen molar-refractivity contribution in [2.24, 2.45) is 0 Å². The zero-order valence-electron chi connectivity index (χ0n) is 18.0. The molecule has 1 N–H and O–H groups in total. The lowest BCUT2D eigenvalue weighted by Crippen LogP contribution is -2.12. The number of anilines is 1. The first-order chi connectivity index (χ1) is 15.9. The standard InChI is InChI=1S/C23H22F2N2O5S/c1-14(28)15-9-10-19(20(12-15)30-2)31-11-5-8-21(29)27-23-26-17(13-33-23)16-6-3-4-7-18(16)32-22(24)25/h3-4,6-7,9-10,12-13,22H,5,8,11H2,1-2H3,(H,26,27,29). The van der Waals surface area contributed by atoms with Crippen molar-refractivity contribution in [3.63, 3.8) is 0 Å². The molecule has 0 spiro atoms. The highest BCUT2D eigenvalue weighted by Gasteiger charge is 2.14. The SMILES string of the molecule is COc1cc(C(C)=O)ccc1OCCCC(=O)Nc1nc(-c2ccccc2OC(F)F)cs1. The van der Waals surface area contributed by atoms with Gasteiger partial charge in [-0.3, -0.25) is 9.59 Å². The highest BCUT2D eigenvalue weighted by molar-refractivity contribution is 7.14. The number of rotatable bonds is 11. The lowest BCUT2D eigenvalue weighted by Gasteiger charge is -2.11. The summed E-state index contributed by atoms with van der Waals surface area (Å²) < 4.78 is 40.7. The molecular weight excluding hydrogens is 454 g/mol. The van der Waals surface area contributed by atoms with Crippen LogP contribution in [0.4, 0.5) is 13.9 Å². The predicted octanol–water partition coefficient (Wildman–Crippen LogP) is 5.42. The van der Waals surface area contributed by atoms with Gasteiger partial charge in [-0.15, -0.1) is 11.3 Å². The fourth-order valence-corrected chi connectivity index (χ4v) is 3.66. The van der Waals surface area contributed by atoms with Crippen LogP contribution in [0.3, 0.4) is 0 Å². The molecule has 33 heavy (non-hydrogen) atoms. The van der Waals surface area contributed by atoms with Crippen LogP contribution in [0.5, 0.6) is 17.2 Å². The van der Waals surface area contributed by atoms with Crippen LogP contribution in [-0.2, 0) is 4.79 Å². The minimum Gasteiger partial charge on any atom is -0.493 e. The van der Waals surface area contributed by atoms with Crippen LogP contribution in [0.25, 0.3) is 11.3 Å². The Labute approximate surface area is 193 Å². The highest BCUT2D eigenvalue weighted by Crippen LogP contribution is 2.33. The van der Waals surface area contributed by atoms with E-state index < -0.39 is 6.61 Å². The second kappa shape index (κ2) is 11.4. The maximum atomic E-state index is 12.6. The van der Waals surface area contributed by atoms with E-state index in [9.17, 15) is 18.4 Å². The number of hydrogen-bond acceptors (Lipinski definition) is 7. The van der Waals surface area contributed by atoms with Gasteiger partial charge >= 0.3 is 6.61 Å². The van der Waals surface area contributed by atoms with Gasteiger partial charge < -0.3 is 19.5 Å². The molecule has 0 aliphatic rings. The molecular formula is C23H22F2N2O5S. The number of thiazole rings is 1. The van der Waals surface area contributed by atoms with Crippen LogP contribution in [0.15, 0.2) is 47.8 Å². The normalized spacial score (nSPS) is 10.7. The molecule has 0 fully saturated rings. The molecule has 1 amide bonds. The highest BCUT2D eigenvalue weighted by atomic mass is 32.1. The molecule has 7 nitrogen and oxygen atoms in total. The summed E-state index contributed by atoms with van der Waals surface area (Å²) in [6.07, 6.45) is 0.626. The molecule has 0 aliphatic carbocycles. The number of nitrogens with one attached hydrogen (secondary N) is 1. The first-order valence-electron chi connectivity index (χ1n) is 9.98. The lowest BCUT2D eigenvalue weighted by atomic mass is 10.1. The van der Waals surface area contributed by atoms with Crippen LogP contribution >= 0.6 is 11.3 Å². The Morgan fingerprint density at radius 1 is 1.12 bits per heavy atom. The summed E-state index contributed by atoms with van der Waals surface area (Å²) >= 11 is 1.18. The molecule has 0 atom stereocenters. The van der Waals surface area contributed by atoms with Gasteiger partial charge in [-0.25, -0.2) is 4.98 Å². The Kier molecular flexibility index (Phi) is 8.31. The summed E-state index contributed by atoms with van der Waals surface area (Å²) in [5, 5.41) is 4.70. The molecule has 3 aromatic rings. The van der Waals surface area contributed by atoms with Gasteiger partial charge in [0.05, 0.1) is 19.4 Å². The maximum Gasteiger partial charge on any atom is 0.387 e. The van der Waals surface area contributed by atoms with E-state index >= 15 is 0 Å². The summed E-state index contributed by atoms with van der Waals surface area (Å²) in [6, 6.07) is 11.2. The van der Waals surface area contributed by atoms with Crippen LogP contribution in [0, 0.1) is 0 Å². The van der Waals surface area contributed by atoms with Gasteiger partial charge in [0.15, 0.2) is 22.4 Å². The van der Waals surface area contributed by atoms with E-state index in [-0.39, 0.29) is 30.5 Å². The molecule has 174 valence electrons. The number of methoxy groups -OCH3 is 1. The number of nitrogens with zero attached hydrogens (tertiary/aromatic N) is 1. The van der Waals surface area contributed by atoms with Crippen molar-refractivity contribution < 1.29 is 32.6 Å². The van der Waals surface area contributed by atoms with Crippen molar-refractivity contribution in [3.05, 3.63) is 53.4 Å². The van der Waals surface area contributed by atoms with Crippen molar-refractivity contribution >= 4 is 28.2 Å². The van der Waals surface area contributed by atoms with E-state index in [0.717, 1.165) is 0 Å². The number of para-hydroxylation sites is 1. The van der Waals surface area contributed by atoms with Crippen molar-refractivity contribution in [3.8, 4) is 28.5 Å². The lowest BCUT2D eigenvalue weighted by molar-refractivity contribution is -0.116. The molecule has 10 heteroatoms. The maximum absolute atomic E-state index is 12.6. The van der Waals surface area contributed by atoms with Gasteiger partial charge in [0.25, 0.3) is 0 Å². The van der Waals surface area contributed by atoms with Crippen LogP contribution in [-0.4, -0.2) is 37.0 Å². The predicted molar refractivity (Wildman–Crippen MR) is 121 cm³/mol. The molecule has 0 saturated heterocycles. The number of ether oxygens (including phenoxy) is 3. The number of amides is 1. The van der Waals surface area contributed by atoms with Gasteiger partial charge in [-0.05, 0) is 43.7 Å². The molecule has 2 aromatic carbocycles. The smallest absolute Gasteiger partial charge is 0.387 e. The topological polar surface area (TPSA) is 86.8 Å². The Balaban J connectivity index is 1.51. The van der Waals surface area contributed by atoms with E-state index in [1.807, 2.05) is 0 Å². The summed E-state index contributed by atoms with van der Waals surface area (Å²) in [5.41, 5.74) is 1.36. The Morgan fingerprint density at radius 3 is 2.64 bits per heavy atom. The van der Waals surface area contributed by atoms with Crippen LogP contribution < -0.4 is 19.5 Å². The minimum atomic E-state index is -2.95.